The summed E-state index contributed by atoms with van der Waals surface area (Å²) < 4.78 is 0. The van der Waals surface area contributed by atoms with E-state index in [0.29, 0.717) is 25.1 Å². The smallest absolute Gasteiger partial charge is 0.324 e. The minimum Gasteiger partial charge on any atom is -0.497 e. The molecule has 1 aliphatic rings. The van der Waals surface area contributed by atoms with Gasteiger partial charge >= 0.3 is 17.4 Å². The number of nitrogens with one attached hydrogen (secondary N) is 2. The molecule has 0 heterocycles. The number of non-ortho nitro benzene ring substituents is 1. The van der Waals surface area contributed by atoms with E-state index in [2.05, 4.69) is 35.4 Å². The molecule has 1 aliphatic carbocycles. The van der Waals surface area contributed by atoms with Crippen molar-refractivity contribution in [3.8, 4) is 5.75 Å². The second-order valence-corrected chi connectivity index (χ2v) is 8.19. The number of nitro benzene ring substituents is 3. The molecule has 15 heteroatoms. The normalized spacial score (nSPS) is 13.6. The largest absolute Gasteiger partial charge is 0.497 e. The standard InChI is InChI=1S/C17H25N3O2.C6H3N3O7/c1-3-20(4-2)12-11-16(21)19-17(22)18-15-10-9-13-7-5-6-8-14(13)15;10-6-4(8(13)14)1-3(7(11)12)2-5(6)9(15)16/h5-8,15H,3-4,9-12H2,1-2H3,(H2,18,19,21,22);1-2,10H. The lowest BCUT2D eigenvalue weighted by Gasteiger charge is -2.18. The molecular weight excluding hydrogens is 504 g/mol. The van der Waals surface area contributed by atoms with Crippen LogP contribution in [0.4, 0.5) is 21.9 Å². The Hall–Kier alpha value is -4.66. The fourth-order valence-corrected chi connectivity index (χ4v) is 3.86. The summed E-state index contributed by atoms with van der Waals surface area (Å²) in [5.41, 5.74) is -0.563. The third-order valence-corrected chi connectivity index (χ3v) is 5.90. The number of amides is 3. The summed E-state index contributed by atoms with van der Waals surface area (Å²) >= 11 is 0. The molecule has 2 aromatic carbocycles. The summed E-state index contributed by atoms with van der Waals surface area (Å²) in [6.45, 7) is 6.62. The summed E-state index contributed by atoms with van der Waals surface area (Å²) in [4.78, 5) is 53.7. The number of imide groups is 1. The maximum absolute atomic E-state index is 11.9. The number of carbonyl (C=O) groups excluding carboxylic acids is 2. The van der Waals surface area contributed by atoms with Gasteiger partial charge in [-0.1, -0.05) is 38.1 Å². The first-order chi connectivity index (χ1) is 18.0. The second kappa shape index (κ2) is 13.6. The number of nitrogens with zero attached hydrogens (tertiary/aromatic N) is 4. The summed E-state index contributed by atoms with van der Waals surface area (Å²) in [6, 6.07) is 8.62. The van der Waals surface area contributed by atoms with E-state index in [1.807, 2.05) is 18.2 Å². The van der Waals surface area contributed by atoms with E-state index >= 15 is 0 Å². The number of benzene rings is 2. The molecule has 0 fully saturated rings. The number of phenolic OH excluding ortho intramolecular Hbond substituents is 1. The first-order valence-corrected chi connectivity index (χ1v) is 11.7. The molecule has 38 heavy (non-hydrogen) atoms. The fraction of sp³-hybridized carbons (Fsp3) is 0.391. The minimum absolute atomic E-state index is 0.00628. The van der Waals surface area contributed by atoms with Gasteiger partial charge < -0.3 is 15.3 Å². The van der Waals surface area contributed by atoms with E-state index in [4.69, 9.17) is 5.11 Å². The van der Waals surface area contributed by atoms with Crippen LogP contribution < -0.4 is 10.6 Å². The number of carbonyl (C=O) groups is 2. The van der Waals surface area contributed by atoms with Gasteiger partial charge in [-0.05, 0) is 37.1 Å². The number of rotatable bonds is 9. The Labute approximate surface area is 216 Å². The van der Waals surface area contributed by atoms with Crippen LogP contribution in [0.2, 0.25) is 0 Å². The van der Waals surface area contributed by atoms with Gasteiger partial charge in [0.1, 0.15) is 0 Å². The molecule has 0 saturated carbocycles. The number of nitro groups is 3. The Morgan fingerprint density at radius 3 is 2.11 bits per heavy atom. The van der Waals surface area contributed by atoms with E-state index in [-0.39, 0.29) is 11.9 Å². The Bertz CT molecular complexity index is 1180. The zero-order valence-electron chi connectivity index (χ0n) is 20.8. The van der Waals surface area contributed by atoms with Crippen LogP contribution in [-0.2, 0) is 11.2 Å². The van der Waals surface area contributed by atoms with Gasteiger partial charge in [0.25, 0.3) is 11.4 Å². The lowest BCUT2D eigenvalue weighted by molar-refractivity contribution is -0.404. The third kappa shape index (κ3) is 7.92. The van der Waals surface area contributed by atoms with Crippen LogP contribution in [0.3, 0.4) is 0 Å². The molecule has 2 aromatic rings. The molecule has 3 amide bonds. The van der Waals surface area contributed by atoms with Crippen LogP contribution in [0.5, 0.6) is 5.75 Å². The topological polar surface area (TPSA) is 211 Å². The van der Waals surface area contributed by atoms with Gasteiger partial charge in [0.2, 0.25) is 5.91 Å². The summed E-state index contributed by atoms with van der Waals surface area (Å²) in [5, 5.41) is 45.5. The number of hydrogen-bond acceptors (Lipinski definition) is 10. The van der Waals surface area contributed by atoms with Gasteiger partial charge in [-0.2, -0.15) is 0 Å². The number of aromatic hydroxyl groups is 1. The third-order valence-electron chi connectivity index (χ3n) is 5.90. The quantitative estimate of drug-likeness (QED) is 0.316. The maximum Gasteiger partial charge on any atom is 0.324 e. The molecule has 3 rings (SSSR count). The van der Waals surface area contributed by atoms with Gasteiger partial charge in [0.05, 0.1) is 32.9 Å². The Kier molecular flexibility index (Phi) is 10.6. The van der Waals surface area contributed by atoms with E-state index in [0.717, 1.165) is 31.5 Å². The van der Waals surface area contributed by atoms with Crippen LogP contribution in [-0.4, -0.2) is 56.3 Å². The van der Waals surface area contributed by atoms with Crippen molar-refractivity contribution in [3.05, 3.63) is 77.9 Å². The van der Waals surface area contributed by atoms with E-state index in [9.17, 15) is 39.9 Å². The highest BCUT2D eigenvalue weighted by Crippen LogP contribution is 2.39. The molecule has 3 N–H and O–H groups in total. The zero-order chi connectivity index (χ0) is 28.4. The van der Waals surface area contributed by atoms with Crippen molar-refractivity contribution in [2.75, 3.05) is 19.6 Å². The number of hydrogen-bond donors (Lipinski definition) is 3. The minimum atomic E-state index is -1.21. The average molecular weight is 533 g/mol. The average Bonchev–Trinajstić information content (AvgIpc) is 3.27. The van der Waals surface area contributed by atoms with Gasteiger partial charge in [0.15, 0.2) is 0 Å². The number of urea groups is 1. The molecule has 204 valence electrons. The first kappa shape index (κ1) is 29.6. The highest BCUT2D eigenvalue weighted by molar-refractivity contribution is 5.94. The van der Waals surface area contributed by atoms with E-state index < -0.39 is 43.6 Å². The van der Waals surface area contributed by atoms with Crippen molar-refractivity contribution in [2.24, 2.45) is 0 Å². The molecule has 0 radical (unpaired) electrons. The number of fused-ring (bicyclic) bond motifs is 1. The lowest BCUT2D eigenvalue weighted by Crippen LogP contribution is -2.41. The van der Waals surface area contributed by atoms with E-state index in [1.165, 1.54) is 5.56 Å². The number of aryl methyl sites for hydroxylation is 1. The molecule has 0 saturated heterocycles. The fourth-order valence-electron chi connectivity index (χ4n) is 3.86. The Morgan fingerprint density at radius 2 is 1.58 bits per heavy atom. The molecule has 0 bridgehead atoms. The molecule has 1 atom stereocenters. The SMILES string of the molecule is CCN(CC)CCC(=O)NC(=O)NC1CCc2ccccc21.O=[N+]([O-])c1cc([N+](=O)[O-])c(O)c([N+](=O)[O-])c1. The van der Waals surface area contributed by atoms with Crippen LogP contribution in [0.15, 0.2) is 36.4 Å². The lowest BCUT2D eigenvalue weighted by atomic mass is 10.1. The molecular formula is C23H28N6O9. The van der Waals surface area contributed by atoms with Crippen molar-refractivity contribution >= 4 is 29.0 Å². The summed E-state index contributed by atoms with van der Waals surface area (Å²) in [6.07, 6.45) is 2.20. The predicted molar refractivity (Wildman–Crippen MR) is 135 cm³/mol. The Balaban J connectivity index is 0.000000281. The summed E-state index contributed by atoms with van der Waals surface area (Å²) in [5.74, 6) is -1.43. The molecule has 15 nitrogen and oxygen atoms in total. The van der Waals surface area contributed by atoms with Crippen LogP contribution in [0.25, 0.3) is 0 Å². The molecule has 1 unspecified atom stereocenters. The van der Waals surface area contributed by atoms with Crippen LogP contribution >= 0.6 is 0 Å². The summed E-state index contributed by atoms with van der Waals surface area (Å²) in [7, 11) is 0. The van der Waals surface area contributed by atoms with Gasteiger partial charge in [-0.25, -0.2) is 4.79 Å². The zero-order valence-corrected chi connectivity index (χ0v) is 20.8. The van der Waals surface area contributed by atoms with Crippen molar-refractivity contribution in [2.45, 2.75) is 39.2 Å². The van der Waals surface area contributed by atoms with E-state index in [1.54, 1.807) is 0 Å². The predicted octanol–water partition coefficient (Wildman–Crippen LogP) is 3.35. The van der Waals surface area contributed by atoms with Crippen LogP contribution in [0.1, 0.15) is 43.9 Å². The van der Waals surface area contributed by atoms with Gasteiger partial charge in [0, 0.05) is 13.0 Å². The monoisotopic (exact) mass is 532 g/mol. The molecule has 0 aliphatic heterocycles. The number of phenols is 1. The van der Waals surface area contributed by atoms with Crippen molar-refractivity contribution in [3.63, 3.8) is 0 Å². The van der Waals surface area contributed by atoms with Gasteiger partial charge in [-0.15, -0.1) is 0 Å². The van der Waals surface area contributed by atoms with Crippen molar-refractivity contribution < 1.29 is 29.5 Å². The second-order valence-electron chi connectivity index (χ2n) is 8.19. The van der Waals surface area contributed by atoms with Crippen molar-refractivity contribution in [1.29, 1.82) is 0 Å². The van der Waals surface area contributed by atoms with Crippen LogP contribution in [0, 0.1) is 30.3 Å². The maximum atomic E-state index is 11.9. The highest BCUT2D eigenvalue weighted by Gasteiger charge is 2.30. The Morgan fingerprint density at radius 1 is 1.00 bits per heavy atom. The molecule has 0 aromatic heterocycles. The highest BCUT2D eigenvalue weighted by atomic mass is 16.6. The van der Waals surface area contributed by atoms with Gasteiger partial charge in [-0.3, -0.25) is 40.5 Å². The molecule has 0 spiro atoms. The van der Waals surface area contributed by atoms with Crippen molar-refractivity contribution in [1.82, 2.24) is 15.5 Å². The first-order valence-electron chi connectivity index (χ1n) is 11.7.